The quantitative estimate of drug-likeness (QED) is 0.595. The summed E-state index contributed by atoms with van der Waals surface area (Å²) in [5.41, 5.74) is 4.04. The Labute approximate surface area is 88.7 Å². The first-order chi connectivity index (χ1) is 6.81. The maximum atomic E-state index is 5.61. The lowest BCUT2D eigenvalue weighted by Crippen LogP contribution is -2.32. The van der Waals surface area contributed by atoms with Gasteiger partial charge in [0.2, 0.25) is 0 Å². The number of aryl methyl sites for hydroxylation is 1. The Hall–Kier alpha value is -0.450. The van der Waals surface area contributed by atoms with Gasteiger partial charge in [0, 0.05) is 5.38 Å². The Balaban J connectivity index is 2.12. The van der Waals surface area contributed by atoms with E-state index in [1.165, 1.54) is 25.7 Å². The van der Waals surface area contributed by atoms with E-state index in [9.17, 15) is 0 Å². The van der Waals surface area contributed by atoms with Crippen molar-refractivity contribution in [1.82, 2.24) is 10.4 Å². The largest absolute Gasteiger partial charge is 0.271 e. The van der Waals surface area contributed by atoms with Crippen LogP contribution >= 0.6 is 11.3 Å². The van der Waals surface area contributed by atoms with E-state index in [-0.39, 0.29) is 6.04 Å². The summed E-state index contributed by atoms with van der Waals surface area (Å²) in [6, 6.07) is 0.266. The molecule has 1 saturated carbocycles. The smallest absolute Gasteiger partial charge is 0.0898 e. The predicted octanol–water partition coefficient (Wildman–Crippen LogP) is 2.15. The molecular weight excluding hydrogens is 194 g/mol. The highest BCUT2D eigenvalue weighted by atomic mass is 32.1. The van der Waals surface area contributed by atoms with Gasteiger partial charge < -0.3 is 0 Å². The molecule has 4 heteroatoms. The van der Waals surface area contributed by atoms with Crippen LogP contribution in [0.1, 0.15) is 42.4 Å². The lowest BCUT2D eigenvalue weighted by molar-refractivity contribution is 0.367. The van der Waals surface area contributed by atoms with Crippen LogP contribution in [0.15, 0.2) is 5.38 Å². The van der Waals surface area contributed by atoms with E-state index in [4.69, 9.17) is 5.84 Å². The molecule has 1 aliphatic carbocycles. The summed E-state index contributed by atoms with van der Waals surface area (Å²) in [6.45, 7) is 2.04. The van der Waals surface area contributed by atoms with Gasteiger partial charge in [-0.25, -0.2) is 4.98 Å². The number of nitrogens with one attached hydrogen (secondary N) is 1. The van der Waals surface area contributed by atoms with Gasteiger partial charge in [-0.2, -0.15) is 0 Å². The maximum absolute atomic E-state index is 5.61. The summed E-state index contributed by atoms with van der Waals surface area (Å²) in [5.74, 6) is 6.29. The van der Waals surface area contributed by atoms with Crippen molar-refractivity contribution in [2.75, 3.05) is 0 Å². The van der Waals surface area contributed by atoms with Gasteiger partial charge in [0.1, 0.15) is 0 Å². The molecule has 78 valence electrons. The molecule has 3 N–H and O–H groups in total. The van der Waals surface area contributed by atoms with Crippen LogP contribution in [0.2, 0.25) is 0 Å². The van der Waals surface area contributed by atoms with E-state index in [2.05, 4.69) is 15.8 Å². The normalized spacial score (nSPS) is 20.1. The first-order valence-corrected chi connectivity index (χ1v) is 6.07. The molecule has 0 bridgehead atoms. The zero-order valence-electron chi connectivity index (χ0n) is 8.49. The number of hydrogen-bond acceptors (Lipinski definition) is 4. The number of hydrazine groups is 1. The second-order valence-electron chi connectivity index (χ2n) is 3.98. The summed E-state index contributed by atoms with van der Waals surface area (Å²) in [4.78, 5) is 4.50. The van der Waals surface area contributed by atoms with Gasteiger partial charge in [0.05, 0.1) is 16.7 Å². The summed E-state index contributed by atoms with van der Waals surface area (Å²) in [6.07, 6.45) is 5.24. The highest BCUT2D eigenvalue weighted by Gasteiger charge is 2.26. The molecule has 1 fully saturated rings. The molecule has 0 spiro atoms. The topological polar surface area (TPSA) is 50.9 Å². The zero-order chi connectivity index (χ0) is 9.97. The minimum Gasteiger partial charge on any atom is -0.271 e. The number of nitrogens with zero attached hydrogens (tertiary/aromatic N) is 1. The van der Waals surface area contributed by atoms with E-state index in [1.54, 1.807) is 11.3 Å². The standard InChI is InChI=1S/C10H17N3S/c1-7-12-9(6-14-7)10(13-11)8-4-2-3-5-8/h6,8,10,13H,2-5,11H2,1H3. The molecule has 3 nitrogen and oxygen atoms in total. The second kappa shape index (κ2) is 4.38. The lowest BCUT2D eigenvalue weighted by Gasteiger charge is -2.20. The highest BCUT2D eigenvalue weighted by molar-refractivity contribution is 7.09. The fraction of sp³-hybridized carbons (Fsp3) is 0.700. The molecule has 14 heavy (non-hydrogen) atoms. The predicted molar refractivity (Wildman–Crippen MR) is 58.9 cm³/mol. The van der Waals surface area contributed by atoms with Crippen LogP contribution in [0.4, 0.5) is 0 Å². The highest BCUT2D eigenvalue weighted by Crippen LogP contribution is 2.35. The first-order valence-electron chi connectivity index (χ1n) is 5.19. The minimum absolute atomic E-state index is 0.266. The number of aromatic nitrogens is 1. The summed E-state index contributed by atoms with van der Waals surface area (Å²) in [7, 11) is 0. The zero-order valence-corrected chi connectivity index (χ0v) is 9.31. The van der Waals surface area contributed by atoms with Crippen molar-refractivity contribution in [3.8, 4) is 0 Å². The van der Waals surface area contributed by atoms with Crippen LogP contribution in [0.25, 0.3) is 0 Å². The number of hydrogen-bond donors (Lipinski definition) is 2. The average Bonchev–Trinajstić information content (AvgIpc) is 2.79. The summed E-state index contributed by atoms with van der Waals surface area (Å²) in [5, 5.41) is 3.25. The second-order valence-corrected chi connectivity index (χ2v) is 5.04. The third-order valence-corrected chi connectivity index (χ3v) is 3.80. The van der Waals surface area contributed by atoms with Crippen molar-refractivity contribution < 1.29 is 0 Å². The van der Waals surface area contributed by atoms with Crippen LogP contribution in [0.5, 0.6) is 0 Å². The van der Waals surface area contributed by atoms with Crippen LogP contribution in [0, 0.1) is 12.8 Å². The van der Waals surface area contributed by atoms with Crippen LogP contribution in [-0.2, 0) is 0 Å². The molecule has 1 heterocycles. The van der Waals surface area contributed by atoms with Crippen LogP contribution < -0.4 is 11.3 Å². The monoisotopic (exact) mass is 211 g/mol. The number of nitrogens with two attached hydrogens (primary N) is 1. The third-order valence-electron chi connectivity index (χ3n) is 3.01. The van der Waals surface area contributed by atoms with Crippen molar-refractivity contribution in [2.24, 2.45) is 11.8 Å². The molecule has 0 amide bonds. The first kappa shape index (κ1) is 10.1. The fourth-order valence-electron chi connectivity index (χ4n) is 2.28. The van der Waals surface area contributed by atoms with Crippen molar-refractivity contribution >= 4 is 11.3 Å². The molecule has 0 saturated heterocycles. The summed E-state index contributed by atoms with van der Waals surface area (Å²) < 4.78 is 0. The fourth-order valence-corrected chi connectivity index (χ4v) is 2.93. The molecule has 1 atom stereocenters. The van der Waals surface area contributed by atoms with Gasteiger partial charge in [0.25, 0.3) is 0 Å². The van der Waals surface area contributed by atoms with E-state index in [0.717, 1.165) is 10.7 Å². The molecule has 2 rings (SSSR count). The number of thiazole rings is 1. The van der Waals surface area contributed by atoms with Crippen molar-refractivity contribution in [2.45, 2.75) is 38.6 Å². The molecular formula is C10H17N3S. The Morgan fingerprint density at radius 3 is 2.79 bits per heavy atom. The van der Waals surface area contributed by atoms with Gasteiger partial charge in [-0.05, 0) is 25.7 Å². The van der Waals surface area contributed by atoms with E-state index < -0.39 is 0 Å². The van der Waals surface area contributed by atoms with Crippen LogP contribution in [-0.4, -0.2) is 4.98 Å². The Kier molecular flexibility index (Phi) is 3.15. The summed E-state index contributed by atoms with van der Waals surface area (Å²) >= 11 is 1.70. The molecule has 1 aromatic rings. The molecule has 1 unspecified atom stereocenters. The Bertz CT molecular complexity index is 291. The molecule has 0 aliphatic heterocycles. The Morgan fingerprint density at radius 1 is 1.57 bits per heavy atom. The van der Waals surface area contributed by atoms with Crippen molar-refractivity contribution in [3.05, 3.63) is 16.1 Å². The molecule has 1 aromatic heterocycles. The lowest BCUT2D eigenvalue weighted by atomic mass is 9.97. The third kappa shape index (κ3) is 1.97. The van der Waals surface area contributed by atoms with Gasteiger partial charge in [-0.3, -0.25) is 11.3 Å². The molecule has 1 aliphatic rings. The van der Waals surface area contributed by atoms with Gasteiger partial charge in [-0.15, -0.1) is 11.3 Å². The van der Waals surface area contributed by atoms with E-state index in [0.29, 0.717) is 5.92 Å². The van der Waals surface area contributed by atoms with Gasteiger partial charge in [-0.1, -0.05) is 12.8 Å². The van der Waals surface area contributed by atoms with Crippen LogP contribution in [0.3, 0.4) is 0 Å². The molecule has 0 radical (unpaired) electrons. The molecule has 0 aromatic carbocycles. The van der Waals surface area contributed by atoms with Gasteiger partial charge >= 0.3 is 0 Å². The van der Waals surface area contributed by atoms with Crippen molar-refractivity contribution in [3.63, 3.8) is 0 Å². The maximum Gasteiger partial charge on any atom is 0.0898 e. The van der Waals surface area contributed by atoms with Crippen molar-refractivity contribution in [1.29, 1.82) is 0 Å². The average molecular weight is 211 g/mol. The Morgan fingerprint density at radius 2 is 2.29 bits per heavy atom. The number of rotatable bonds is 3. The van der Waals surface area contributed by atoms with E-state index >= 15 is 0 Å². The minimum atomic E-state index is 0.266. The SMILES string of the molecule is Cc1nc(C(NN)C2CCCC2)cs1. The van der Waals surface area contributed by atoms with E-state index in [1.807, 2.05) is 6.92 Å². The van der Waals surface area contributed by atoms with Gasteiger partial charge in [0.15, 0.2) is 0 Å².